The summed E-state index contributed by atoms with van der Waals surface area (Å²) in [5.41, 5.74) is 8.71. The van der Waals surface area contributed by atoms with Crippen LogP contribution in [0.1, 0.15) is 40.4 Å². The lowest BCUT2D eigenvalue weighted by Gasteiger charge is -2.28. The van der Waals surface area contributed by atoms with Crippen LogP contribution in [0.15, 0.2) is 59.5 Å². The number of halogens is 1. The molecule has 0 aliphatic heterocycles. The molecule has 0 aliphatic carbocycles. The normalized spacial score (nSPS) is 12.0. The molecule has 0 saturated carbocycles. The second-order valence-electron chi connectivity index (χ2n) is 7.16. The second kappa shape index (κ2) is 8.73. The summed E-state index contributed by atoms with van der Waals surface area (Å²) in [4.78, 5) is 28.3. The van der Waals surface area contributed by atoms with Gasteiger partial charge >= 0.3 is 0 Å². The number of amides is 1. The zero-order valence-corrected chi connectivity index (χ0v) is 18.6. The molecule has 3 aromatic heterocycles. The quantitative estimate of drug-likeness (QED) is 0.464. The summed E-state index contributed by atoms with van der Waals surface area (Å²) in [6.07, 6.45) is 3.33. The third-order valence-electron chi connectivity index (χ3n) is 5.00. The van der Waals surface area contributed by atoms with Gasteiger partial charge in [-0.25, -0.2) is 15.0 Å². The van der Waals surface area contributed by atoms with Gasteiger partial charge in [-0.05, 0) is 77.8 Å². The molecule has 1 amide bonds. The van der Waals surface area contributed by atoms with Gasteiger partial charge in [0, 0.05) is 23.3 Å². The summed E-state index contributed by atoms with van der Waals surface area (Å²) in [5, 5.41) is 9.07. The Hall–Kier alpha value is -3.46. The van der Waals surface area contributed by atoms with E-state index in [1.807, 2.05) is 32.0 Å². The van der Waals surface area contributed by atoms with E-state index in [1.165, 1.54) is 0 Å². The predicted octanol–water partition coefficient (Wildman–Crippen LogP) is 3.87. The average molecular weight is 478 g/mol. The van der Waals surface area contributed by atoms with E-state index < -0.39 is 0 Å². The standard InChI is InChI=1S/C22H20BrN7O/c1-13-10-16-11-15(4-6-18(16)27-20(13)24)22(31)30(12-17-5-7-19(23)29-28-17)14(2)21-25-8-3-9-26-21/h3-11,14H,12H2,1-2H3,(H2,24,27)/t14-/m1/s1. The fourth-order valence-corrected chi connectivity index (χ4v) is 3.46. The highest BCUT2D eigenvalue weighted by molar-refractivity contribution is 9.10. The topological polar surface area (TPSA) is 111 Å². The van der Waals surface area contributed by atoms with Gasteiger partial charge in [-0.1, -0.05) is 0 Å². The minimum absolute atomic E-state index is 0.166. The number of hydrogen-bond acceptors (Lipinski definition) is 7. The molecule has 31 heavy (non-hydrogen) atoms. The predicted molar refractivity (Wildman–Crippen MR) is 121 cm³/mol. The first-order chi connectivity index (χ1) is 14.9. The van der Waals surface area contributed by atoms with Crippen molar-refractivity contribution in [3.8, 4) is 0 Å². The monoisotopic (exact) mass is 477 g/mol. The van der Waals surface area contributed by atoms with Crippen molar-refractivity contribution < 1.29 is 4.79 Å². The largest absolute Gasteiger partial charge is 0.383 e. The molecule has 8 nitrogen and oxygen atoms in total. The highest BCUT2D eigenvalue weighted by Crippen LogP contribution is 2.25. The number of hydrogen-bond donors (Lipinski definition) is 1. The van der Waals surface area contributed by atoms with Crippen molar-refractivity contribution in [3.63, 3.8) is 0 Å². The lowest BCUT2D eigenvalue weighted by molar-refractivity contribution is 0.0663. The third kappa shape index (κ3) is 4.51. The number of nitrogens with zero attached hydrogens (tertiary/aromatic N) is 6. The number of rotatable bonds is 5. The molecule has 0 bridgehead atoms. The van der Waals surface area contributed by atoms with E-state index >= 15 is 0 Å². The number of pyridine rings is 1. The number of aryl methyl sites for hydroxylation is 1. The number of nitrogen functional groups attached to an aromatic ring is 1. The van der Waals surface area contributed by atoms with Gasteiger partial charge in [0.15, 0.2) is 0 Å². The minimum atomic E-state index is -0.374. The average Bonchev–Trinajstić information content (AvgIpc) is 2.79. The van der Waals surface area contributed by atoms with E-state index in [0.717, 1.165) is 16.5 Å². The summed E-state index contributed by atoms with van der Waals surface area (Å²) < 4.78 is 0.630. The molecule has 9 heteroatoms. The minimum Gasteiger partial charge on any atom is -0.383 e. The molecule has 4 rings (SSSR count). The van der Waals surface area contributed by atoms with Crippen LogP contribution in [0.25, 0.3) is 10.9 Å². The van der Waals surface area contributed by atoms with Crippen LogP contribution >= 0.6 is 15.9 Å². The van der Waals surface area contributed by atoms with Crippen LogP contribution in [0.4, 0.5) is 5.82 Å². The Morgan fingerprint density at radius 2 is 1.90 bits per heavy atom. The molecule has 0 fully saturated rings. The van der Waals surface area contributed by atoms with E-state index in [-0.39, 0.29) is 18.5 Å². The molecule has 0 spiro atoms. The Bertz CT molecular complexity index is 1230. The molecule has 2 N–H and O–H groups in total. The van der Waals surface area contributed by atoms with Crippen LogP contribution in [-0.2, 0) is 6.54 Å². The number of aromatic nitrogens is 5. The van der Waals surface area contributed by atoms with E-state index in [9.17, 15) is 4.79 Å². The number of anilines is 1. The molecule has 0 aliphatic rings. The molecule has 4 aromatic rings. The number of fused-ring (bicyclic) bond motifs is 1. The molecule has 156 valence electrons. The van der Waals surface area contributed by atoms with Crippen molar-refractivity contribution >= 4 is 38.6 Å². The maximum atomic E-state index is 13.6. The number of carbonyl (C=O) groups excluding carboxylic acids is 1. The lowest BCUT2D eigenvalue weighted by Crippen LogP contribution is -2.34. The third-order valence-corrected chi connectivity index (χ3v) is 5.42. The van der Waals surface area contributed by atoms with E-state index in [0.29, 0.717) is 27.5 Å². The highest BCUT2D eigenvalue weighted by Gasteiger charge is 2.25. The molecule has 0 radical (unpaired) electrons. The molecular formula is C22H20BrN7O. The fourth-order valence-electron chi connectivity index (χ4n) is 3.25. The maximum absolute atomic E-state index is 13.6. The summed E-state index contributed by atoms with van der Waals surface area (Å²) in [5.74, 6) is 0.866. The molecular weight excluding hydrogens is 458 g/mol. The Kier molecular flexibility index (Phi) is 5.85. The van der Waals surface area contributed by atoms with Gasteiger partial charge in [0.25, 0.3) is 5.91 Å². The SMILES string of the molecule is Cc1cc2cc(C(=O)N(Cc3ccc(Br)nn3)[C@H](C)c3ncccn3)ccc2nc1N. The van der Waals surface area contributed by atoms with Gasteiger partial charge in [0.05, 0.1) is 23.8 Å². The second-order valence-corrected chi connectivity index (χ2v) is 7.97. The Morgan fingerprint density at radius 3 is 2.61 bits per heavy atom. The van der Waals surface area contributed by atoms with Crippen LogP contribution < -0.4 is 5.73 Å². The van der Waals surface area contributed by atoms with Crippen LogP contribution in [0, 0.1) is 6.92 Å². The smallest absolute Gasteiger partial charge is 0.254 e. The van der Waals surface area contributed by atoms with Gasteiger partial charge in [-0.2, -0.15) is 5.10 Å². The molecule has 1 aromatic carbocycles. The first-order valence-electron chi connectivity index (χ1n) is 9.65. The summed E-state index contributed by atoms with van der Waals surface area (Å²) in [6.45, 7) is 4.05. The molecule has 3 heterocycles. The zero-order chi connectivity index (χ0) is 22.0. The Labute approximate surface area is 187 Å². The van der Waals surface area contributed by atoms with Crippen LogP contribution in [-0.4, -0.2) is 36.0 Å². The Morgan fingerprint density at radius 1 is 1.13 bits per heavy atom. The van der Waals surface area contributed by atoms with Crippen LogP contribution in [0.5, 0.6) is 0 Å². The number of nitrogens with two attached hydrogens (primary N) is 1. The van der Waals surface area contributed by atoms with Gasteiger partial charge < -0.3 is 10.6 Å². The van der Waals surface area contributed by atoms with Crippen molar-refractivity contribution in [3.05, 3.63) is 82.1 Å². The Balaban J connectivity index is 1.72. The molecule has 0 unspecified atom stereocenters. The van der Waals surface area contributed by atoms with E-state index in [2.05, 4.69) is 41.1 Å². The maximum Gasteiger partial charge on any atom is 0.254 e. The lowest BCUT2D eigenvalue weighted by atomic mass is 10.1. The zero-order valence-electron chi connectivity index (χ0n) is 17.0. The first kappa shape index (κ1) is 20.8. The van der Waals surface area contributed by atoms with E-state index in [1.54, 1.807) is 41.6 Å². The summed E-state index contributed by atoms with van der Waals surface area (Å²) in [7, 11) is 0. The number of carbonyl (C=O) groups is 1. The van der Waals surface area contributed by atoms with Crippen molar-refractivity contribution in [1.82, 2.24) is 30.0 Å². The van der Waals surface area contributed by atoms with Crippen LogP contribution in [0.2, 0.25) is 0 Å². The van der Waals surface area contributed by atoms with Crippen molar-refractivity contribution in [2.45, 2.75) is 26.4 Å². The molecule has 0 saturated heterocycles. The van der Waals surface area contributed by atoms with Crippen LogP contribution in [0.3, 0.4) is 0 Å². The number of benzene rings is 1. The van der Waals surface area contributed by atoms with Gasteiger partial charge in [-0.3, -0.25) is 4.79 Å². The highest BCUT2D eigenvalue weighted by atomic mass is 79.9. The van der Waals surface area contributed by atoms with Crippen molar-refractivity contribution in [2.24, 2.45) is 0 Å². The van der Waals surface area contributed by atoms with E-state index in [4.69, 9.17) is 5.73 Å². The first-order valence-corrected chi connectivity index (χ1v) is 10.4. The van der Waals surface area contributed by atoms with Crippen molar-refractivity contribution in [1.29, 1.82) is 0 Å². The van der Waals surface area contributed by atoms with Gasteiger partial charge in [0.2, 0.25) is 0 Å². The molecule has 1 atom stereocenters. The van der Waals surface area contributed by atoms with Gasteiger partial charge in [-0.15, -0.1) is 5.10 Å². The van der Waals surface area contributed by atoms with Gasteiger partial charge in [0.1, 0.15) is 16.2 Å². The summed E-state index contributed by atoms with van der Waals surface area (Å²) in [6, 6.07) is 12.3. The van der Waals surface area contributed by atoms with Crippen molar-refractivity contribution in [2.75, 3.05) is 5.73 Å². The fraction of sp³-hybridized carbons (Fsp3) is 0.182. The summed E-state index contributed by atoms with van der Waals surface area (Å²) >= 11 is 3.29.